The smallest absolute Gasteiger partial charge is 0.291 e. The molecule has 10 nitrogen and oxygen atoms in total. The highest BCUT2D eigenvalue weighted by atomic mass is 16.5. The number of aromatic nitrogens is 6. The van der Waals surface area contributed by atoms with Gasteiger partial charge in [-0.2, -0.15) is 5.10 Å². The van der Waals surface area contributed by atoms with Gasteiger partial charge in [0.25, 0.3) is 5.91 Å². The fraction of sp³-hybridized carbons (Fsp3) is 0.444. The lowest BCUT2D eigenvalue weighted by molar-refractivity contribution is -0.0180. The van der Waals surface area contributed by atoms with Crippen molar-refractivity contribution in [1.82, 2.24) is 35.1 Å². The van der Waals surface area contributed by atoms with Gasteiger partial charge in [-0.1, -0.05) is 37.3 Å². The first-order chi connectivity index (χ1) is 17.8. The second-order valence-corrected chi connectivity index (χ2v) is 11.3. The quantitative estimate of drug-likeness (QED) is 0.435. The molecule has 4 aliphatic rings. The molecule has 1 saturated carbocycles. The van der Waals surface area contributed by atoms with Crippen LogP contribution in [-0.4, -0.2) is 60.9 Å². The van der Waals surface area contributed by atoms with E-state index in [1.165, 1.54) is 5.56 Å². The molecule has 3 aromatic heterocycles. The molecule has 10 heteroatoms. The van der Waals surface area contributed by atoms with Gasteiger partial charge in [0, 0.05) is 31.3 Å². The number of aryl methyl sites for hydroxylation is 2. The number of anilines is 1. The van der Waals surface area contributed by atoms with Gasteiger partial charge >= 0.3 is 0 Å². The summed E-state index contributed by atoms with van der Waals surface area (Å²) >= 11 is 0. The SMILES string of the molecule is Cc1nc(C23CC(NC(=O)c4nc5c(C)cc(N6CC[C@](C)(c7ccccc7)C6)cn5n4)(CO2)C3)n[nH]1. The first-order valence-corrected chi connectivity index (χ1v) is 12.8. The van der Waals surface area contributed by atoms with Gasteiger partial charge in [-0.05, 0) is 37.5 Å². The number of ether oxygens (including phenoxy) is 1. The zero-order valence-corrected chi connectivity index (χ0v) is 21.3. The number of aromatic amines is 1. The summed E-state index contributed by atoms with van der Waals surface area (Å²) in [6.45, 7) is 8.54. The topological polar surface area (TPSA) is 113 Å². The molecule has 37 heavy (non-hydrogen) atoms. The van der Waals surface area contributed by atoms with Crippen LogP contribution in [0.15, 0.2) is 42.6 Å². The fourth-order valence-corrected chi connectivity index (χ4v) is 6.37. The number of carbonyl (C=O) groups is 1. The first kappa shape index (κ1) is 22.4. The molecule has 1 aliphatic carbocycles. The maximum atomic E-state index is 13.2. The van der Waals surface area contributed by atoms with Crippen molar-refractivity contribution in [3.8, 4) is 0 Å². The van der Waals surface area contributed by atoms with Crippen LogP contribution in [-0.2, 0) is 15.8 Å². The van der Waals surface area contributed by atoms with Crippen molar-refractivity contribution in [3.63, 3.8) is 0 Å². The molecule has 1 aromatic carbocycles. The molecular formula is C27H30N8O2. The van der Waals surface area contributed by atoms with Gasteiger partial charge in [0.15, 0.2) is 11.5 Å². The summed E-state index contributed by atoms with van der Waals surface area (Å²) in [5, 5.41) is 14.9. The number of H-pyrrole nitrogens is 1. The maximum absolute atomic E-state index is 13.2. The van der Waals surface area contributed by atoms with Gasteiger partial charge in [0.1, 0.15) is 11.4 Å². The number of hydrogen-bond acceptors (Lipinski definition) is 7. The Morgan fingerprint density at radius 3 is 2.73 bits per heavy atom. The zero-order valence-electron chi connectivity index (χ0n) is 21.3. The van der Waals surface area contributed by atoms with Crippen LogP contribution >= 0.6 is 0 Å². The average Bonchev–Trinajstić information content (AvgIpc) is 3.67. The van der Waals surface area contributed by atoms with Crippen LogP contribution in [0, 0.1) is 13.8 Å². The van der Waals surface area contributed by atoms with E-state index >= 15 is 0 Å². The number of amides is 1. The lowest BCUT2D eigenvalue weighted by Crippen LogP contribution is -2.58. The third kappa shape index (κ3) is 3.46. The van der Waals surface area contributed by atoms with Crippen molar-refractivity contribution in [1.29, 1.82) is 0 Å². The van der Waals surface area contributed by atoms with E-state index in [2.05, 4.69) is 78.8 Å². The summed E-state index contributed by atoms with van der Waals surface area (Å²) in [5.41, 5.74) is 3.29. The average molecular weight is 499 g/mol. The number of carbonyl (C=O) groups excluding carboxylic acids is 1. The molecule has 3 aliphatic heterocycles. The van der Waals surface area contributed by atoms with E-state index in [0.717, 1.165) is 36.6 Å². The second kappa shape index (κ2) is 7.61. The number of nitrogens with zero attached hydrogens (tertiary/aromatic N) is 6. The molecule has 8 rings (SSSR count). The summed E-state index contributed by atoms with van der Waals surface area (Å²) in [4.78, 5) is 24.6. The predicted octanol–water partition coefficient (Wildman–Crippen LogP) is 2.82. The Hall–Kier alpha value is -3.79. The Morgan fingerprint density at radius 2 is 1.97 bits per heavy atom. The molecular weight excluding hydrogens is 468 g/mol. The Bertz CT molecular complexity index is 1520. The van der Waals surface area contributed by atoms with Gasteiger partial charge in [-0.25, -0.2) is 14.5 Å². The molecule has 6 heterocycles. The lowest BCUT2D eigenvalue weighted by Gasteiger charge is -2.42. The largest absolute Gasteiger partial charge is 0.369 e. The zero-order chi connectivity index (χ0) is 25.4. The molecule has 3 saturated heterocycles. The molecule has 2 N–H and O–H groups in total. The minimum absolute atomic E-state index is 0.0995. The maximum Gasteiger partial charge on any atom is 0.291 e. The predicted molar refractivity (Wildman–Crippen MR) is 137 cm³/mol. The molecule has 0 unspecified atom stereocenters. The monoisotopic (exact) mass is 498 g/mol. The molecule has 0 spiro atoms. The van der Waals surface area contributed by atoms with Crippen LogP contribution in [0.3, 0.4) is 0 Å². The van der Waals surface area contributed by atoms with Crippen molar-refractivity contribution >= 4 is 17.2 Å². The molecule has 0 radical (unpaired) electrons. The highest BCUT2D eigenvalue weighted by molar-refractivity contribution is 5.92. The van der Waals surface area contributed by atoms with Gasteiger partial charge in [0.2, 0.25) is 5.82 Å². The van der Waals surface area contributed by atoms with Gasteiger partial charge < -0.3 is 15.0 Å². The van der Waals surface area contributed by atoms with Gasteiger partial charge in [-0.3, -0.25) is 9.89 Å². The van der Waals surface area contributed by atoms with Crippen LogP contribution in [0.25, 0.3) is 5.65 Å². The van der Waals surface area contributed by atoms with Crippen molar-refractivity contribution < 1.29 is 9.53 Å². The van der Waals surface area contributed by atoms with E-state index in [4.69, 9.17) is 4.74 Å². The number of rotatable bonds is 5. The summed E-state index contributed by atoms with van der Waals surface area (Å²) in [6.07, 6.45) is 4.36. The van der Waals surface area contributed by atoms with Crippen molar-refractivity contribution in [2.45, 2.75) is 56.6 Å². The van der Waals surface area contributed by atoms with Crippen molar-refractivity contribution in [2.75, 3.05) is 24.6 Å². The Labute approximate surface area is 214 Å². The van der Waals surface area contributed by atoms with Gasteiger partial charge in [0.05, 0.1) is 24.0 Å². The summed E-state index contributed by atoms with van der Waals surface area (Å²) in [6, 6.07) is 12.9. The van der Waals surface area contributed by atoms with E-state index in [1.807, 2.05) is 20.0 Å². The minimum Gasteiger partial charge on any atom is -0.369 e. The second-order valence-electron chi connectivity index (χ2n) is 11.3. The molecule has 1 atom stereocenters. The van der Waals surface area contributed by atoms with Crippen molar-refractivity contribution in [3.05, 3.63) is 71.2 Å². The standard InChI is InChI=1S/C27H30N8O2/c1-17-11-20(34-10-9-25(3,15-34)19-7-5-4-6-8-19)12-35-22(17)29-21(33-35)23(36)30-26-13-27(14-26,37-16-26)24-28-18(2)31-32-24/h4-8,11-12H,9-10,13-16H2,1-3H3,(H,30,36)(H,28,31,32)/t25-,26?,27?/m0/s1. The molecule has 1 amide bonds. The third-order valence-electron chi connectivity index (χ3n) is 8.37. The number of benzene rings is 1. The fourth-order valence-electron chi connectivity index (χ4n) is 6.37. The number of pyridine rings is 1. The van der Waals surface area contributed by atoms with Crippen molar-refractivity contribution in [2.24, 2.45) is 0 Å². The van der Waals surface area contributed by atoms with Crippen LogP contribution in [0.1, 0.15) is 59.6 Å². The normalized spacial score (nSPS) is 28.6. The summed E-state index contributed by atoms with van der Waals surface area (Å²) in [5.74, 6) is 1.30. The Kier molecular flexibility index (Phi) is 4.61. The summed E-state index contributed by atoms with van der Waals surface area (Å²) in [7, 11) is 0. The highest BCUT2D eigenvalue weighted by Crippen LogP contribution is 2.56. The van der Waals surface area contributed by atoms with E-state index in [-0.39, 0.29) is 17.1 Å². The molecule has 4 fully saturated rings. The Balaban J connectivity index is 1.09. The van der Waals surface area contributed by atoms with E-state index in [0.29, 0.717) is 30.9 Å². The van der Waals surface area contributed by atoms with E-state index in [1.54, 1.807) is 4.52 Å². The van der Waals surface area contributed by atoms with E-state index < -0.39 is 11.1 Å². The van der Waals surface area contributed by atoms with Crippen LogP contribution in [0.4, 0.5) is 5.69 Å². The van der Waals surface area contributed by atoms with Crippen LogP contribution in [0.2, 0.25) is 0 Å². The minimum atomic E-state index is -0.514. The number of fused-ring (bicyclic) bond motifs is 2. The number of nitrogens with one attached hydrogen (secondary N) is 2. The molecule has 2 bridgehead atoms. The Morgan fingerprint density at radius 1 is 1.16 bits per heavy atom. The van der Waals surface area contributed by atoms with Crippen LogP contribution < -0.4 is 10.2 Å². The number of hydrogen-bond donors (Lipinski definition) is 2. The lowest BCUT2D eigenvalue weighted by atomic mass is 9.68. The van der Waals surface area contributed by atoms with Crippen LogP contribution in [0.5, 0.6) is 0 Å². The van der Waals surface area contributed by atoms with E-state index in [9.17, 15) is 4.79 Å². The molecule has 190 valence electrons. The highest BCUT2D eigenvalue weighted by Gasteiger charge is 2.66. The van der Waals surface area contributed by atoms with Gasteiger partial charge in [-0.15, -0.1) is 5.10 Å². The third-order valence-corrected chi connectivity index (χ3v) is 8.37. The molecule has 4 aromatic rings. The summed E-state index contributed by atoms with van der Waals surface area (Å²) < 4.78 is 7.78. The first-order valence-electron chi connectivity index (χ1n) is 12.8.